The molecule has 190 valence electrons. The molecular formula is C29H38N6O. The fourth-order valence-corrected chi connectivity index (χ4v) is 5.62. The second-order valence-electron chi connectivity index (χ2n) is 10.3. The number of aromatic amines is 1. The summed E-state index contributed by atoms with van der Waals surface area (Å²) in [6, 6.07) is 15.3. The molecule has 7 heteroatoms. The number of hydrogen-bond donors (Lipinski definition) is 2. The van der Waals surface area contributed by atoms with Crippen LogP contribution in [0.2, 0.25) is 0 Å². The molecule has 0 aliphatic heterocycles. The standard InChI is InChI=1S/C29H38N6O/c1-5-34-25-19-21(14-15-24(25)35(29(34)36)23-12-6-7-13-23)26-27(22-11-8-10-20(2)18-22)31-32-28(26)30-16-9-17-33(3)4/h8,10-11,14-15,18-19,23H,5-7,9,12-13,16-17H2,1-4H3,(H2,30,31,32). The third-order valence-electron chi connectivity index (χ3n) is 7.41. The Balaban J connectivity index is 1.62. The number of aryl methyl sites for hydroxylation is 2. The van der Waals surface area contributed by atoms with E-state index in [1.807, 2.05) is 9.13 Å². The van der Waals surface area contributed by atoms with E-state index >= 15 is 0 Å². The summed E-state index contributed by atoms with van der Waals surface area (Å²) in [6.45, 7) is 6.67. The molecule has 5 rings (SSSR count). The second kappa shape index (κ2) is 10.3. The monoisotopic (exact) mass is 486 g/mol. The van der Waals surface area contributed by atoms with E-state index in [2.05, 4.69) is 85.7 Å². The summed E-state index contributed by atoms with van der Waals surface area (Å²) < 4.78 is 3.97. The number of aromatic nitrogens is 4. The van der Waals surface area contributed by atoms with Gasteiger partial charge in [-0.15, -0.1) is 0 Å². The number of benzene rings is 2. The first kappa shape index (κ1) is 24.4. The number of hydrogen-bond acceptors (Lipinski definition) is 4. The van der Waals surface area contributed by atoms with Crippen LogP contribution < -0.4 is 11.0 Å². The Morgan fingerprint density at radius 2 is 1.89 bits per heavy atom. The summed E-state index contributed by atoms with van der Waals surface area (Å²) in [5, 5.41) is 11.6. The minimum absolute atomic E-state index is 0.115. The summed E-state index contributed by atoms with van der Waals surface area (Å²) >= 11 is 0. The highest BCUT2D eigenvalue weighted by Gasteiger charge is 2.24. The molecule has 36 heavy (non-hydrogen) atoms. The van der Waals surface area contributed by atoms with Crippen LogP contribution in [0.25, 0.3) is 33.4 Å². The molecule has 1 saturated carbocycles. The fourth-order valence-electron chi connectivity index (χ4n) is 5.62. The first-order chi connectivity index (χ1) is 17.5. The number of nitrogens with one attached hydrogen (secondary N) is 2. The van der Waals surface area contributed by atoms with Gasteiger partial charge in [0.05, 0.1) is 22.3 Å². The molecule has 7 nitrogen and oxygen atoms in total. The Morgan fingerprint density at radius 1 is 1.08 bits per heavy atom. The van der Waals surface area contributed by atoms with Gasteiger partial charge >= 0.3 is 5.69 Å². The van der Waals surface area contributed by atoms with Gasteiger partial charge in [-0.3, -0.25) is 14.2 Å². The lowest BCUT2D eigenvalue weighted by molar-refractivity contribution is 0.405. The van der Waals surface area contributed by atoms with Crippen LogP contribution in [0.4, 0.5) is 5.82 Å². The van der Waals surface area contributed by atoms with Crippen molar-refractivity contribution in [2.75, 3.05) is 32.5 Å². The molecule has 2 aromatic carbocycles. The molecule has 0 saturated heterocycles. The van der Waals surface area contributed by atoms with Gasteiger partial charge in [-0.1, -0.05) is 42.7 Å². The maximum absolute atomic E-state index is 13.4. The highest BCUT2D eigenvalue weighted by atomic mass is 16.1. The molecule has 0 amide bonds. The van der Waals surface area contributed by atoms with E-state index in [0.717, 1.165) is 71.6 Å². The van der Waals surface area contributed by atoms with Crippen LogP contribution in [0, 0.1) is 6.92 Å². The van der Waals surface area contributed by atoms with Crippen LogP contribution in [-0.2, 0) is 6.54 Å². The largest absolute Gasteiger partial charge is 0.368 e. The van der Waals surface area contributed by atoms with E-state index in [-0.39, 0.29) is 5.69 Å². The topological polar surface area (TPSA) is 70.9 Å². The van der Waals surface area contributed by atoms with Gasteiger partial charge in [-0.05, 0) is 77.5 Å². The van der Waals surface area contributed by atoms with Gasteiger partial charge in [0.25, 0.3) is 0 Å². The molecule has 0 spiro atoms. The van der Waals surface area contributed by atoms with E-state index in [9.17, 15) is 4.79 Å². The Labute approximate surface area is 213 Å². The van der Waals surface area contributed by atoms with Gasteiger partial charge < -0.3 is 10.2 Å². The third-order valence-corrected chi connectivity index (χ3v) is 7.41. The molecule has 1 fully saturated rings. The van der Waals surface area contributed by atoms with E-state index in [1.165, 1.54) is 18.4 Å². The molecule has 0 radical (unpaired) electrons. The number of nitrogens with zero attached hydrogens (tertiary/aromatic N) is 4. The summed E-state index contributed by atoms with van der Waals surface area (Å²) in [4.78, 5) is 15.6. The first-order valence-electron chi connectivity index (χ1n) is 13.3. The van der Waals surface area contributed by atoms with Gasteiger partial charge in [-0.2, -0.15) is 5.10 Å². The van der Waals surface area contributed by atoms with Crippen molar-refractivity contribution in [3.63, 3.8) is 0 Å². The zero-order valence-corrected chi connectivity index (χ0v) is 22.0. The predicted molar refractivity (Wildman–Crippen MR) is 149 cm³/mol. The molecule has 0 atom stereocenters. The van der Waals surface area contributed by atoms with Crippen molar-refractivity contribution in [3.8, 4) is 22.4 Å². The van der Waals surface area contributed by atoms with Crippen molar-refractivity contribution in [2.45, 2.75) is 58.5 Å². The number of fused-ring (bicyclic) bond motifs is 1. The highest BCUT2D eigenvalue weighted by Crippen LogP contribution is 2.38. The molecule has 2 aromatic heterocycles. The Morgan fingerprint density at radius 3 is 2.61 bits per heavy atom. The second-order valence-corrected chi connectivity index (χ2v) is 10.3. The maximum Gasteiger partial charge on any atom is 0.329 e. The Hall–Kier alpha value is -3.32. The molecule has 1 aliphatic carbocycles. The average molecular weight is 487 g/mol. The molecule has 0 bridgehead atoms. The normalized spacial score (nSPS) is 14.4. The maximum atomic E-state index is 13.4. The van der Waals surface area contributed by atoms with E-state index in [0.29, 0.717) is 12.6 Å². The van der Waals surface area contributed by atoms with Crippen LogP contribution in [0.3, 0.4) is 0 Å². The SMILES string of the molecule is CCn1c(=O)n(C2CCCC2)c2ccc(-c3c(NCCCN(C)C)n[nH]c3-c3cccc(C)c3)cc21. The van der Waals surface area contributed by atoms with Gasteiger partial charge in [0.2, 0.25) is 0 Å². The van der Waals surface area contributed by atoms with Crippen LogP contribution >= 0.6 is 0 Å². The highest BCUT2D eigenvalue weighted by molar-refractivity contribution is 5.92. The molecule has 4 aromatic rings. The predicted octanol–water partition coefficient (Wildman–Crippen LogP) is 5.67. The fraction of sp³-hybridized carbons (Fsp3) is 0.448. The molecule has 2 N–H and O–H groups in total. The number of rotatable bonds is 9. The van der Waals surface area contributed by atoms with Crippen LogP contribution in [0.1, 0.15) is 50.6 Å². The molecule has 1 aliphatic rings. The average Bonchev–Trinajstić information content (AvgIpc) is 3.58. The molecular weight excluding hydrogens is 448 g/mol. The summed E-state index contributed by atoms with van der Waals surface area (Å²) in [5.41, 5.74) is 7.58. The van der Waals surface area contributed by atoms with E-state index < -0.39 is 0 Å². The minimum atomic E-state index is 0.115. The molecule has 2 heterocycles. The third kappa shape index (κ3) is 4.60. The van der Waals surface area contributed by atoms with Crippen molar-refractivity contribution >= 4 is 16.9 Å². The lowest BCUT2D eigenvalue weighted by Crippen LogP contribution is -2.26. The van der Waals surface area contributed by atoms with Crippen molar-refractivity contribution < 1.29 is 0 Å². The number of anilines is 1. The zero-order valence-electron chi connectivity index (χ0n) is 22.0. The van der Waals surface area contributed by atoms with Crippen molar-refractivity contribution in [2.24, 2.45) is 0 Å². The van der Waals surface area contributed by atoms with Crippen LogP contribution in [0.15, 0.2) is 47.3 Å². The lowest BCUT2D eigenvalue weighted by atomic mass is 9.99. The first-order valence-corrected chi connectivity index (χ1v) is 13.3. The summed E-state index contributed by atoms with van der Waals surface area (Å²) in [7, 11) is 4.19. The quantitative estimate of drug-likeness (QED) is 0.299. The summed E-state index contributed by atoms with van der Waals surface area (Å²) in [6.07, 6.45) is 5.60. The Bertz CT molecular complexity index is 1400. The van der Waals surface area contributed by atoms with Gasteiger partial charge in [-0.25, -0.2) is 4.79 Å². The van der Waals surface area contributed by atoms with Crippen LogP contribution in [-0.4, -0.2) is 51.4 Å². The molecule has 0 unspecified atom stereocenters. The van der Waals surface area contributed by atoms with Crippen molar-refractivity contribution in [1.29, 1.82) is 0 Å². The van der Waals surface area contributed by atoms with Crippen LogP contribution in [0.5, 0.6) is 0 Å². The Kier molecular flexibility index (Phi) is 7.01. The zero-order chi connectivity index (χ0) is 25.2. The van der Waals surface area contributed by atoms with Crippen molar-refractivity contribution in [1.82, 2.24) is 24.2 Å². The number of imidazole rings is 1. The summed E-state index contributed by atoms with van der Waals surface area (Å²) in [5.74, 6) is 0.852. The van der Waals surface area contributed by atoms with Gasteiger partial charge in [0.1, 0.15) is 0 Å². The smallest absolute Gasteiger partial charge is 0.329 e. The number of H-pyrrole nitrogens is 1. The van der Waals surface area contributed by atoms with Crippen molar-refractivity contribution in [3.05, 3.63) is 58.5 Å². The van der Waals surface area contributed by atoms with E-state index in [1.54, 1.807) is 0 Å². The lowest BCUT2D eigenvalue weighted by Gasteiger charge is -2.13. The van der Waals surface area contributed by atoms with E-state index in [4.69, 9.17) is 5.10 Å². The van der Waals surface area contributed by atoms with Gasteiger partial charge in [0, 0.05) is 24.7 Å². The minimum Gasteiger partial charge on any atom is -0.368 e. The van der Waals surface area contributed by atoms with Gasteiger partial charge in [0.15, 0.2) is 5.82 Å².